The number of rotatable bonds is 9. The molecule has 3 aromatic carbocycles. The molecule has 38 heavy (non-hydrogen) atoms. The number of hydrazone groups is 1. The molecule has 3 rings (SSSR count). The molecule has 3 amide bonds. The molecule has 0 unspecified atom stereocenters. The minimum Gasteiger partial charge on any atom is -0.493 e. The van der Waals surface area contributed by atoms with Crippen molar-refractivity contribution in [2.75, 3.05) is 24.4 Å². The second kappa shape index (κ2) is 13.5. The van der Waals surface area contributed by atoms with Crippen molar-refractivity contribution in [3.8, 4) is 11.5 Å². The molecule has 0 aromatic heterocycles. The van der Waals surface area contributed by atoms with Crippen LogP contribution in [-0.4, -0.2) is 37.7 Å². The Balaban J connectivity index is 1.60. The van der Waals surface area contributed by atoms with Gasteiger partial charge in [0.05, 0.1) is 18.3 Å². The standard InChI is InChI=1S/C27H26Cl2N4O5/c1-4-18-7-5-6-8-21(18)32-26(35)27(36)33-30-14-17-11-20(29)25(23(12-17)37-3)38-15-24(34)31-22-13-19(28)10-9-16(22)2/h5-14H,4,15H2,1-3H3,(H,31,34)(H,32,35)(H,33,36)/b30-14-. The van der Waals surface area contributed by atoms with E-state index in [9.17, 15) is 14.4 Å². The quantitative estimate of drug-likeness (QED) is 0.195. The van der Waals surface area contributed by atoms with E-state index in [2.05, 4.69) is 21.2 Å². The van der Waals surface area contributed by atoms with Gasteiger partial charge in [0.2, 0.25) is 0 Å². The van der Waals surface area contributed by atoms with Gasteiger partial charge in [0.25, 0.3) is 5.91 Å². The molecule has 0 saturated heterocycles. The van der Waals surface area contributed by atoms with Crippen LogP contribution in [0.1, 0.15) is 23.6 Å². The van der Waals surface area contributed by atoms with Gasteiger partial charge in [0.15, 0.2) is 18.1 Å². The first-order valence-electron chi connectivity index (χ1n) is 11.5. The lowest BCUT2D eigenvalue weighted by molar-refractivity contribution is -0.136. The Kier molecular flexibility index (Phi) is 10.1. The van der Waals surface area contributed by atoms with Crippen LogP contribution in [0.5, 0.6) is 11.5 Å². The number of hydrogen-bond donors (Lipinski definition) is 3. The third-order valence-corrected chi connectivity index (χ3v) is 5.82. The van der Waals surface area contributed by atoms with E-state index < -0.39 is 17.7 Å². The molecule has 198 valence electrons. The predicted molar refractivity (Wildman–Crippen MR) is 149 cm³/mol. The number of nitrogens with one attached hydrogen (secondary N) is 3. The second-order valence-electron chi connectivity index (χ2n) is 7.99. The van der Waals surface area contributed by atoms with Crippen molar-refractivity contribution in [3.63, 3.8) is 0 Å². The van der Waals surface area contributed by atoms with Gasteiger partial charge < -0.3 is 20.1 Å². The number of amides is 3. The summed E-state index contributed by atoms with van der Waals surface area (Å²) in [6, 6.07) is 15.4. The van der Waals surface area contributed by atoms with Gasteiger partial charge in [0, 0.05) is 16.4 Å². The zero-order valence-corrected chi connectivity index (χ0v) is 22.4. The summed E-state index contributed by atoms with van der Waals surface area (Å²) < 4.78 is 10.9. The summed E-state index contributed by atoms with van der Waals surface area (Å²) in [5, 5.41) is 9.76. The van der Waals surface area contributed by atoms with Crippen molar-refractivity contribution < 1.29 is 23.9 Å². The van der Waals surface area contributed by atoms with Gasteiger partial charge in [0.1, 0.15) is 0 Å². The molecule has 0 atom stereocenters. The van der Waals surface area contributed by atoms with Crippen LogP contribution in [0, 0.1) is 6.92 Å². The van der Waals surface area contributed by atoms with E-state index in [0.29, 0.717) is 28.4 Å². The number of hydrogen-bond acceptors (Lipinski definition) is 6. The highest BCUT2D eigenvalue weighted by atomic mass is 35.5. The number of methoxy groups -OCH3 is 1. The Morgan fingerprint density at radius 1 is 0.974 bits per heavy atom. The molecule has 0 aliphatic rings. The molecule has 11 heteroatoms. The van der Waals surface area contributed by atoms with Crippen molar-refractivity contribution in [2.24, 2.45) is 5.10 Å². The van der Waals surface area contributed by atoms with E-state index in [0.717, 1.165) is 11.1 Å². The smallest absolute Gasteiger partial charge is 0.329 e. The normalized spacial score (nSPS) is 10.7. The fourth-order valence-corrected chi connectivity index (χ4v) is 3.80. The first kappa shape index (κ1) is 28.5. The van der Waals surface area contributed by atoms with Crippen LogP contribution in [0.25, 0.3) is 0 Å². The van der Waals surface area contributed by atoms with Crippen molar-refractivity contribution in [1.29, 1.82) is 0 Å². The summed E-state index contributed by atoms with van der Waals surface area (Å²) >= 11 is 12.3. The molecule has 0 bridgehead atoms. The minimum absolute atomic E-state index is 0.151. The lowest BCUT2D eigenvalue weighted by atomic mass is 10.1. The highest BCUT2D eigenvalue weighted by Crippen LogP contribution is 2.36. The Labute approximate surface area is 230 Å². The summed E-state index contributed by atoms with van der Waals surface area (Å²) in [5.74, 6) is -1.81. The van der Waals surface area contributed by atoms with Crippen LogP contribution < -0.4 is 25.5 Å². The van der Waals surface area contributed by atoms with Crippen LogP contribution in [-0.2, 0) is 20.8 Å². The SMILES string of the molecule is CCc1ccccc1NC(=O)C(=O)N/N=C\c1cc(Cl)c(OCC(=O)Nc2cc(Cl)ccc2C)c(OC)c1. The first-order chi connectivity index (χ1) is 18.2. The Morgan fingerprint density at radius 3 is 2.47 bits per heavy atom. The molecule has 0 aliphatic carbocycles. The first-order valence-corrected chi connectivity index (χ1v) is 12.3. The van der Waals surface area contributed by atoms with Crippen LogP contribution >= 0.6 is 23.2 Å². The molecule has 3 aromatic rings. The van der Waals surface area contributed by atoms with Gasteiger partial charge >= 0.3 is 11.8 Å². The van der Waals surface area contributed by atoms with Crippen LogP contribution in [0.3, 0.4) is 0 Å². The van der Waals surface area contributed by atoms with Crippen LogP contribution in [0.15, 0.2) is 59.7 Å². The van der Waals surface area contributed by atoms with Crippen molar-refractivity contribution in [2.45, 2.75) is 20.3 Å². The molecule has 0 heterocycles. The maximum absolute atomic E-state index is 12.4. The topological polar surface area (TPSA) is 118 Å². The Morgan fingerprint density at radius 2 is 1.74 bits per heavy atom. The molecule has 0 spiro atoms. The Bertz CT molecular complexity index is 1380. The van der Waals surface area contributed by atoms with E-state index in [1.165, 1.54) is 19.4 Å². The van der Waals surface area contributed by atoms with Crippen molar-refractivity contribution in [1.82, 2.24) is 5.43 Å². The highest BCUT2D eigenvalue weighted by molar-refractivity contribution is 6.39. The summed E-state index contributed by atoms with van der Waals surface area (Å²) in [5.41, 5.74) is 5.50. The zero-order chi connectivity index (χ0) is 27.7. The predicted octanol–water partition coefficient (Wildman–Crippen LogP) is 4.98. The monoisotopic (exact) mass is 556 g/mol. The maximum atomic E-state index is 12.4. The van der Waals surface area contributed by atoms with E-state index in [1.807, 2.05) is 26.0 Å². The molecular weight excluding hydrogens is 531 g/mol. The number of carbonyl (C=O) groups excluding carboxylic acids is 3. The van der Waals surface area contributed by atoms with Gasteiger partial charge in [-0.2, -0.15) is 5.10 Å². The van der Waals surface area contributed by atoms with E-state index in [1.54, 1.807) is 36.4 Å². The minimum atomic E-state index is -0.939. The third kappa shape index (κ3) is 7.71. The maximum Gasteiger partial charge on any atom is 0.329 e. The van der Waals surface area contributed by atoms with Crippen LogP contribution in [0.4, 0.5) is 11.4 Å². The molecular formula is C27H26Cl2N4O5. The summed E-state index contributed by atoms with van der Waals surface area (Å²) in [7, 11) is 1.41. The zero-order valence-electron chi connectivity index (χ0n) is 20.9. The number of aryl methyl sites for hydroxylation is 2. The average molecular weight is 557 g/mol. The van der Waals surface area contributed by atoms with Crippen molar-refractivity contribution in [3.05, 3.63) is 81.3 Å². The molecule has 0 saturated carbocycles. The van der Waals surface area contributed by atoms with E-state index >= 15 is 0 Å². The van der Waals surface area contributed by atoms with Gasteiger partial charge in [-0.15, -0.1) is 0 Å². The van der Waals surface area contributed by atoms with E-state index in [4.69, 9.17) is 32.7 Å². The van der Waals surface area contributed by atoms with E-state index in [-0.39, 0.29) is 23.1 Å². The van der Waals surface area contributed by atoms with Gasteiger partial charge in [-0.05, 0) is 60.4 Å². The number of benzene rings is 3. The molecule has 3 N–H and O–H groups in total. The number of carbonyl (C=O) groups is 3. The van der Waals surface area contributed by atoms with Gasteiger partial charge in [-0.3, -0.25) is 14.4 Å². The summed E-state index contributed by atoms with van der Waals surface area (Å²) in [6.07, 6.45) is 1.99. The molecule has 0 fully saturated rings. The van der Waals surface area contributed by atoms with Gasteiger partial charge in [-0.25, -0.2) is 5.43 Å². The number of nitrogens with zero attached hydrogens (tertiary/aromatic N) is 1. The average Bonchev–Trinajstić information content (AvgIpc) is 2.90. The Hall–Kier alpha value is -4.08. The fourth-order valence-electron chi connectivity index (χ4n) is 3.35. The summed E-state index contributed by atoms with van der Waals surface area (Å²) in [6.45, 7) is 3.46. The largest absolute Gasteiger partial charge is 0.493 e. The number of para-hydroxylation sites is 1. The number of anilines is 2. The van der Waals surface area contributed by atoms with Crippen LogP contribution in [0.2, 0.25) is 10.0 Å². The molecule has 0 radical (unpaired) electrons. The molecule has 9 nitrogen and oxygen atoms in total. The van der Waals surface area contributed by atoms with Crippen molar-refractivity contribution >= 4 is 58.5 Å². The number of halogens is 2. The lowest BCUT2D eigenvalue weighted by Crippen LogP contribution is -2.32. The molecule has 0 aliphatic heterocycles. The second-order valence-corrected chi connectivity index (χ2v) is 8.84. The third-order valence-electron chi connectivity index (χ3n) is 5.31. The fraction of sp³-hybridized carbons (Fsp3) is 0.185. The number of ether oxygens (including phenoxy) is 2. The summed E-state index contributed by atoms with van der Waals surface area (Å²) in [4.78, 5) is 36.7. The highest BCUT2D eigenvalue weighted by Gasteiger charge is 2.16. The lowest BCUT2D eigenvalue weighted by Gasteiger charge is -2.14. The van der Waals surface area contributed by atoms with Gasteiger partial charge in [-0.1, -0.05) is 54.4 Å².